The summed E-state index contributed by atoms with van der Waals surface area (Å²) in [6, 6.07) is 8.13. The van der Waals surface area contributed by atoms with E-state index in [0.717, 1.165) is 6.42 Å². The Hall–Kier alpha value is -1.13. The van der Waals surface area contributed by atoms with E-state index in [4.69, 9.17) is 4.18 Å². The summed E-state index contributed by atoms with van der Waals surface area (Å²) in [4.78, 5) is 0.198. The SMILES string of the molecule is C=CCCCOS(=O)(=O)c1ccccc1. The van der Waals surface area contributed by atoms with Crippen LogP contribution in [0.4, 0.5) is 0 Å². The van der Waals surface area contributed by atoms with Gasteiger partial charge in [-0.3, -0.25) is 4.18 Å². The van der Waals surface area contributed by atoms with Crippen LogP contribution in [0.2, 0.25) is 0 Å². The van der Waals surface area contributed by atoms with Gasteiger partial charge >= 0.3 is 0 Å². The number of hydrogen-bond donors (Lipinski definition) is 0. The number of allylic oxidation sites excluding steroid dienone is 1. The summed E-state index contributed by atoms with van der Waals surface area (Å²) in [5, 5.41) is 0. The Balaban J connectivity index is 2.57. The van der Waals surface area contributed by atoms with Gasteiger partial charge in [0.25, 0.3) is 10.1 Å². The zero-order valence-electron chi connectivity index (χ0n) is 8.43. The summed E-state index contributed by atoms with van der Waals surface area (Å²) in [6.45, 7) is 3.75. The van der Waals surface area contributed by atoms with E-state index < -0.39 is 10.1 Å². The third kappa shape index (κ3) is 3.85. The van der Waals surface area contributed by atoms with Crippen molar-refractivity contribution in [1.82, 2.24) is 0 Å². The molecule has 0 N–H and O–H groups in total. The minimum Gasteiger partial charge on any atom is -0.266 e. The van der Waals surface area contributed by atoms with E-state index in [9.17, 15) is 8.42 Å². The molecule has 4 heteroatoms. The Kier molecular flexibility index (Phi) is 4.52. The Morgan fingerprint density at radius 1 is 1.27 bits per heavy atom. The van der Waals surface area contributed by atoms with Crippen LogP contribution in [0.3, 0.4) is 0 Å². The van der Waals surface area contributed by atoms with Crippen LogP contribution in [0.15, 0.2) is 47.9 Å². The quantitative estimate of drug-likeness (QED) is 0.425. The highest BCUT2D eigenvalue weighted by molar-refractivity contribution is 7.86. The van der Waals surface area contributed by atoms with Gasteiger partial charge in [-0.25, -0.2) is 0 Å². The summed E-state index contributed by atoms with van der Waals surface area (Å²) < 4.78 is 27.9. The number of rotatable bonds is 6. The molecule has 0 amide bonds. The molecule has 0 bridgehead atoms. The lowest BCUT2D eigenvalue weighted by Crippen LogP contribution is -2.07. The molecule has 0 aliphatic heterocycles. The maximum atomic E-state index is 11.5. The van der Waals surface area contributed by atoms with E-state index >= 15 is 0 Å². The van der Waals surface area contributed by atoms with Gasteiger partial charge in [-0.2, -0.15) is 8.42 Å². The second-order valence-electron chi connectivity index (χ2n) is 3.02. The highest BCUT2D eigenvalue weighted by Crippen LogP contribution is 2.11. The van der Waals surface area contributed by atoms with Gasteiger partial charge in [-0.05, 0) is 25.0 Å². The third-order valence-electron chi connectivity index (χ3n) is 1.82. The summed E-state index contributed by atoms with van der Waals surface area (Å²) in [6.07, 6.45) is 3.15. The summed E-state index contributed by atoms with van der Waals surface area (Å²) in [7, 11) is -3.58. The molecule has 0 unspecified atom stereocenters. The maximum Gasteiger partial charge on any atom is 0.296 e. The van der Waals surface area contributed by atoms with Crippen LogP contribution in [0.5, 0.6) is 0 Å². The van der Waals surface area contributed by atoms with E-state index in [2.05, 4.69) is 6.58 Å². The molecule has 0 aromatic heterocycles. The molecule has 1 aromatic rings. The lowest BCUT2D eigenvalue weighted by molar-refractivity contribution is 0.313. The molecule has 3 nitrogen and oxygen atoms in total. The van der Waals surface area contributed by atoms with Crippen molar-refractivity contribution in [3.8, 4) is 0 Å². The summed E-state index contributed by atoms with van der Waals surface area (Å²) in [5.74, 6) is 0. The second-order valence-corrected chi connectivity index (χ2v) is 4.64. The van der Waals surface area contributed by atoms with E-state index in [-0.39, 0.29) is 11.5 Å². The Labute approximate surface area is 90.5 Å². The number of hydrogen-bond acceptors (Lipinski definition) is 3. The van der Waals surface area contributed by atoms with Crippen molar-refractivity contribution in [3.63, 3.8) is 0 Å². The highest BCUT2D eigenvalue weighted by atomic mass is 32.2. The molecule has 1 rings (SSSR count). The average molecular weight is 226 g/mol. The van der Waals surface area contributed by atoms with Gasteiger partial charge < -0.3 is 0 Å². The van der Waals surface area contributed by atoms with Gasteiger partial charge in [0.05, 0.1) is 11.5 Å². The van der Waals surface area contributed by atoms with Crippen molar-refractivity contribution in [3.05, 3.63) is 43.0 Å². The van der Waals surface area contributed by atoms with Gasteiger partial charge in [-0.15, -0.1) is 6.58 Å². The monoisotopic (exact) mass is 226 g/mol. The molecule has 0 aliphatic rings. The first-order valence-electron chi connectivity index (χ1n) is 4.72. The largest absolute Gasteiger partial charge is 0.296 e. The fourth-order valence-corrected chi connectivity index (χ4v) is 2.02. The predicted octanol–water partition coefficient (Wildman–Crippen LogP) is 2.36. The second kappa shape index (κ2) is 5.68. The van der Waals surface area contributed by atoms with Gasteiger partial charge in [0, 0.05) is 0 Å². The molecule has 15 heavy (non-hydrogen) atoms. The topological polar surface area (TPSA) is 43.4 Å². The van der Waals surface area contributed by atoms with Crippen LogP contribution in [0.25, 0.3) is 0 Å². The van der Waals surface area contributed by atoms with Crippen LogP contribution in [0, 0.1) is 0 Å². The van der Waals surface area contributed by atoms with Crippen LogP contribution < -0.4 is 0 Å². The Bertz CT molecular complexity index is 395. The maximum absolute atomic E-state index is 11.5. The molecular weight excluding hydrogens is 212 g/mol. The number of benzene rings is 1. The zero-order valence-corrected chi connectivity index (χ0v) is 9.24. The van der Waals surface area contributed by atoms with Crippen molar-refractivity contribution in [1.29, 1.82) is 0 Å². The predicted molar refractivity (Wildman–Crippen MR) is 59.0 cm³/mol. The van der Waals surface area contributed by atoms with Crippen molar-refractivity contribution in [2.24, 2.45) is 0 Å². The molecule has 0 saturated heterocycles. The molecule has 0 atom stereocenters. The van der Waals surface area contributed by atoms with Crippen molar-refractivity contribution in [2.45, 2.75) is 17.7 Å². The van der Waals surface area contributed by atoms with Crippen LogP contribution in [-0.2, 0) is 14.3 Å². The molecule has 0 saturated carbocycles. The molecule has 1 aromatic carbocycles. The summed E-state index contributed by atoms with van der Waals surface area (Å²) in [5.41, 5.74) is 0. The zero-order chi connectivity index (χ0) is 11.1. The molecular formula is C11H14O3S. The van der Waals surface area contributed by atoms with Gasteiger partial charge in [0.1, 0.15) is 0 Å². The van der Waals surface area contributed by atoms with Gasteiger partial charge in [0.15, 0.2) is 0 Å². The Morgan fingerprint density at radius 3 is 2.53 bits per heavy atom. The van der Waals surface area contributed by atoms with E-state index in [1.54, 1.807) is 24.3 Å². The van der Waals surface area contributed by atoms with E-state index in [1.165, 1.54) is 12.1 Å². The first-order chi connectivity index (χ1) is 7.17. The van der Waals surface area contributed by atoms with Crippen LogP contribution in [0.1, 0.15) is 12.8 Å². The first kappa shape index (κ1) is 11.9. The fraction of sp³-hybridized carbons (Fsp3) is 0.273. The number of unbranched alkanes of at least 4 members (excludes halogenated alkanes) is 1. The lowest BCUT2D eigenvalue weighted by Gasteiger charge is -2.04. The van der Waals surface area contributed by atoms with Crippen molar-refractivity contribution in [2.75, 3.05) is 6.61 Å². The fourth-order valence-electron chi connectivity index (χ4n) is 1.05. The average Bonchev–Trinajstić information content (AvgIpc) is 2.26. The molecule has 0 spiro atoms. The van der Waals surface area contributed by atoms with Crippen molar-refractivity contribution >= 4 is 10.1 Å². The highest BCUT2D eigenvalue weighted by Gasteiger charge is 2.13. The lowest BCUT2D eigenvalue weighted by atomic mass is 10.3. The molecule has 0 heterocycles. The first-order valence-corrected chi connectivity index (χ1v) is 6.13. The standard InChI is InChI=1S/C11H14O3S/c1-2-3-7-10-14-15(12,13)11-8-5-4-6-9-11/h2,4-6,8-9H,1,3,7,10H2. The molecule has 0 aliphatic carbocycles. The Morgan fingerprint density at radius 2 is 1.93 bits per heavy atom. The van der Waals surface area contributed by atoms with Crippen molar-refractivity contribution < 1.29 is 12.6 Å². The van der Waals surface area contributed by atoms with Crippen LogP contribution >= 0.6 is 0 Å². The van der Waals surface area contributed by atoms with Gasteiger partial charge in [-0.1, -0.05) is 24.3 Å². The molecule has 0 fully saturated rings. The van der Waals surface area contributed by atoms with Gasteiger partial charge in [0.2, 0.25) is 0 Å². The third-order valence-corrected chi connectivity index (χ3v) is 3.15. The molecule has 0 radical (unpaired) electrons. The summed E-state index contributed by atoms with van der Waals surface area (Å²) >= 11 is 0. The normalized spacial score (nSPS) is 11.2. The van der Waals surface area contributed by atoms with E-state index in [0.29, 0.717) is 6.42 Å². The smallest absolute Gasteiger partial charge is 0.266 e. The van der Waals surface area contributed by atoms with E-state index in [1.807, 2.05) is 0 Å². The van der Waals surface area contributed by atoms with Crippen LogP contribution in [-0.4, -0.2) is 15.0 Å². The minimum atomic E-state index is -3.58. The molecule has 82 valence electrons. The minimum absolute atomic E-state index is 0.198.